The van der Waals surface area contributed by atoms with Crippen molar-refractivity contribution in [3.63, 3.8) is 0 Å². The van der Waals surface area contributed by atoms with E-state index in [0.717, 1.165) is 69.4 Å². The second-order valence-electron chi connectivity index (χ2n) is 10.2. The van der Waals surface area contributed by atoms with Crippen molar-refractivity contribution < 1.29 is 21.6 Å². The fourth-order valence-electron chi connectivity index (χ4n) is 5.20. The molecule has 2 fully saturated rings. The summed E-state index contributed by atoms with van der Waals surface area (Å²) in [7, 11) is -3.67. The van der Waals surface area contributed by atoms with Crippen molar-refractivity contribution in [3.05, 3.63) is 64.4 Å². The maximum atomic E-state index is 13.4. The molecule has 0 atom stereocenters. The van der Waals surface area contributed by atoms with Gasteiger partial charge in [0.15, 0.2) is 0 Å². The number of benzene rings is 2. The lowest BCUT2D eigenvalue weighted by molar-refractivity contribution is -0.137. The fourth-order valence-corrected chi connectivity index (χ4v) is 7.06. The van der Waals surface area contributed by atoms with Crippen LogP contribution in [0, 0.1) is 6.92 Å². The molecule has 0 spiro atoms. The van der Waals surface area contributed by atoms with Crippen molar-refractivity contribution in [1.82, 2.24) is 14.1 Å². The molecule has 2 aliphatic heterocycles. The number of hydrogen-bond acceptors (Lipinski definition) is 5. The molecule has 2 saturated heterocycles. The molecule has 0 unspecified atom stereocenters. The number of aryl methyl sites for hydroxylation is 1. The third kappa shape index (κ3) is 5.91. The first-order valence-corrected chi connectivity index (χ1v) is 15.2. The molecule has 214 valence electrons. The summed E-state index contributed by atoms with van der Waals surface area (Å²) in [5.41, 5.74) is 1.60. The quantitative estimate of drug-likeness (QED) is 0.296. The van der Waals surface area contributed by atoms with Crippen LogP contribution in [0.15, 0.2) is 52.4 Å². The van der Waals surface area contributed by atoms with Gasteiger partial charge >= 0.3 is 6.18 Å². The minimum absolute atomic E-state index is 0.109. The van der Waals surface area contributed by atoms with Gasteiger partial charge in [0.1, 0.15) is 5.15 Å². The van der Waals surface area contributed by atoms with E-state index >= 15 is 0 Å². The van der Waals surface area contributed by atoms with Gasteiger partial charge in [0.05, 0.1) is 38.8 Å². The van der Waals surface area contributed by atoms with Crippen molar-refractivity contribution in [3.8, 4) is 5.69 Å². The van der Waals surface area contributed by atoms with Gasteiger partial charge in [-0.25, -0.2) is 13.1 Å². The van der Waals surface area contributed by atoms with Crippen molar-refractivity contribution in [2.24, 2.45) is 4.99 Å². The molecule has 2 aliphatic rings. The van der Waals surface area contributed by atoms with Gasteiger partial charge in [-0.1, -0.05) is 24.1 Å². The molecule has 0 bridgehead atoms. The summed E-state index contributed by atoms with van der Waals surface area (Å²) in [6, 6.07) is 9.85. The monoisotopic (exact) mass is 593 g/mol. The van der Waals surface area contributed by atoms with E-state index in [1.807, 2.05) is 6.07 Å². The Labute approximate surface area is 237 Å². The number of sulfonamides is 1. The van der Waals surface area contributed by atoms with Gasteiger partial charge in [-0.05, 0) is 75.4 Å². The van der Waals surface area contributed by atoms with Gasteiger partial charge < -0.3 is 4.90 Å². The molecule has 3 aromatic rings. The summed E-state index contributed by atoms with van der Waals surface area (Å²) in [5, 5.41) is 4.47. The highest BCUT2D eigenvalue weighted by Crippen LogP contribution is 2.36. The summed E-state index contributed by atoms with van der Waals surface area (Å²) < 4.78 is 69.4. The Balaban J connectivity index is 1.53. The smallest absolute Gasteiger partial charge is 0.370 e. The summed E-state index contributed by atoms with van der Waals surface area (Å²) in [6.45, 7) is 4.37. The van der Waals surface area contributed by atoms with Crippen molar-refractivity contribution in [2.75, 3.05) is 31.1 Å². The van der Waals surface area contributed by atoms with Crippen LogP contribution in [0.3, 0.4) is 0 Å². The van der Waals surface area contributed by atoms with Gasteiger partial charge in [-0.15, -0.1) is 0 Å². The van der Waals surface area contributed by atoms with Gasteiger partial charge in [0.2, 0.25) is 10.0 Å². The van der Waals surface area contributed by atoms with E-state index in [0.29, 0.717) is 30.0 Å². The summed E-state index contributed by atoms with van der Waals surface area (Å²) in [6.07, 6.45) is 2.91. The van der Waals surface area contributed by atoms with E-state index in [-0.39, 0.29) is 15.7 Å². The fraction of sp³-hybridized carbons (Fsp3) is 0.429. The molecular weight excluding hydrogens is 563 g/mol. The zero-order chi connectivity index (χ0) is 28.5. The minimum atomic E-state index is -4.50. The van der Waals surface area contributed by atoms with Crippen LogP contribution in [0.25, 0.3) is 5.69 Å². The van der Waals surface area contributed by atoms with Gasteiger partial charge in [-0.3, -0.25) is 4.99 Å². The van der Waals surface area contributed by atoms with E-state index in [1.54, 1.807) is 19.1 Å². The van der Waals surface area contributed by atoms with E-state index in [2.05, 4.69) is 15.0 Å². The van der Waals surface area contributed by atoms with Crippen LogP contribution in [-0.2, 0) is 16.2 Å². The predicted octanol–water partition coefficient (Wildman–Crippen LogP) is 6.77. The molecular formula is C28H31ClF3N5O2S. The molecule has 0 amide bonds. The molecule has 3 heterocycles. The first-order valence-electron chi connectivity index (χ1n) is 13.4. The molecule has 2 aromatic carbocycles. The number of piperidine rings is 2. The average molecular weight is 594 g/mol. The molecule has 40 heavy (non-hydrogen) atoms. The molecule has 5 rings (SSSR count). The highest BCUT2D eigenvalue weighted by Gasteiger charge is 2.31. The van der Waals surface area contributed by atoms with Crippen LogP contribution < -0.4 is 4.90 Å². The minimum Gasteiger partial charge on any atom is -0.370 e. The second-order valence-corrected chi connectivity index (χ2v) is 12.5. The SMILES string of the molecule is Cc1nn(-c2cccc(C(F)(F)F)c2)c(Cl)c1C=Nc1cc(S(=O)(=O)N2CCCCC2)ccc1N1CCCCC1. The van der Waals surface area contributed by atoms with E-state index < -0.39 is 21.8 Å². The highest BCUT2D eigenvalue weighted by atomic mass is 35.5. The average Bonchev–Trinajstić information content (AvgIpc) is 3.25. The molecule has 0 N–H and O–H groups in total. The number of alkyl halides is 3. The molecule has 12 heteroatoms. The molecule has 7 nitrogen and oxygen atoms in total. The Morgan fingerprint density at radius 3 is 2.30 bits per heavy atom. The van der Waals surface area contributed by atoms with E-state index in [4.69, 9.17) is 11.6 Å². The largest absolute Gasteiger partial charge is 0.416 e. The zero-order valence-electron chi connectivity index (χ0n) is 22.2. The van der Waals surface area contributed by atoms with Gasteiger partial charge in [0.25, 0.3) is 0 Å². The molecule has 0 saturated carbocycles. The van der Waals surface area contributed by atoms with Crippen molar-refractivity contribution >= 4 is 39.2 Å². The predicted molar refractivity (Wildman–Crippen MR) is 151 cm³/mol. The van der Waals surface area contributed by atoms with Crippen LogP contribution in [0.1, 0.15) is 55.3 Å². The second kappa shape index (κ2) is 11.5. The van der Waals surface area contributed by atoms with Crippen molar-refractivity contribution in [2.45, 2.75) is 56.5 Å². The third-order valence-corrected chi connectivity index (χ3v) is 9.65. The maximum absolute atomic E-state index is 13.4. The first-order chi connectivity index (χ1) is 19.1. The Hall–Kier alpha value is -2.89. The number of aliphatic imine (C=N–C) groups is 1. The molecule has 0 aliphatic carbocycles. The van der Waals surface area contributed by atoms with Crippen LogP contribution >= 0.6 is 11.6 Å². The van der Waals surface area contributed by atoms with E-state index in [9.17, 15) is 21.6 Å². The lowest BCUT2D eigenvalue weighted by Crippen LogP contribution is -2.35. The van der Waals surface area contributed by atoms with Crippen molar-refractivity contribution in [1.29, 1.82) is 0 Å². The van der Waals surface area contributed by atoms with Gasteiger partial charge in [0, 0.05) is 32.4 Å². The summed E-state index contributed by atoms with van der Waals surface area (Å²) in [5.74, 6) is 0. The third-order valence-electron chi connectivity index (χ3n) is 7.40. The highest BCUT2D eigenvalue weighted by molar-refractivity contribution is 7.89. The lowest BCUT2D eigenvalue weighted by Gasteiger charge is -2.30. The van der Waals surface area contributed by atoms with Crippen LogP contribution in [-0.4, -0.2) is 54.9 Å². The normalized spacial score (nSPS) is 17.6. The number of anilines is 1. The Kier molecular flexibility index (Phi) is 8.26. The topological polar surface area (TPSA) is 70.8 Å². The number of halogens is 4. The Bertz CT molecular complexity index is 1510. The maximum Gasteiger partial charge on any atom is 0.416 e. The number of rotatable bonds is 6. The standard InChI is InChI=1S/C28H31ClF3N5O2S/c1-20-24(27(29)37(34-20)22-10-8-9-21(17-22)28(30,31)32)19-33-25-18-23(40(38,39)36-15-6-3-7-16-36)11-12-26(25)35-13-4-2-5-14-35/h8-12,17-19H,2-7,13-16H2,1H3. The molecule has 0 radical (unpaired) electrons. The summed E-state index contributed by atoms with van der Waals surface area (Å²) >= 11 is 6.61. The van der Waals surface area contributed by atoms with Gasteiger partial charge in [-0.2, -0.15) is 22.6 Å². The molecule has 1 aromatic heterocycles. The van der Waals surface area contributed by atoms with Crippen LogP contribution in [0.2, 0.25) is 5.15 Å². The van der Waals surface area contributed by atoms with E-state index in [1.165, 1.54) is 27.3 Å². The van der Waals surface area contributed by atoms with Crippen LogP contribution in [0.5, 0.6) is 0 Å². The Morgan fingerprint density at radius 2 is 1.62 bits per heavy atom. The number of nitrogens with zero attached hydrogens (tertiary/aromatic N) is 5. The lowest BCUT2D eigenvalue weighted by atomic mass is 10.1. The zero-order valence-corrected chi connectivity index (χ0v) is 23.7. The Morgan fingerprint density at radius 1 is 0.950 bits per heavy atom. The summed E-state index contributed by atoms with van der Waals surface area (Å²) in [4.78, 5) is 7.08. The van der Waals surface area contributed by atoms with Crippen LogP contribution in [0.4, 0.5) is 24.5 Å². The number of aromatic nitrogens is 2. The number of hydrogen-bond donors (Lipinski definition) is 0. The first kappa shape index (κ1) is 28.6.